The van der Waals surface area contributed by atoms with Crippen molar-refractivity contribution in [3.8, 4) is 0 Å². The molecule has 1 fully saturated rings. The molecule has 0 unspecified atom stereocenters. The highest BCUT2D eigenvalue weighted by atomic mass is 79.9. The summed E-state index contributed by atoms with van der Waals surface area (Å²) in [6.07, 6.45) is -0.428. The predicted molar refractivity (Wildman–Crippen MR) is 78.1 cm³/mol. The van der Waals surface area contributed by atoms with Crippen molar-refractivity contribution >= 4 is 22.0 Å². The van der Waals surface area contributed by atoms with Gasteiger partial charge in [0.15, 0.2) is 0 Å². The first-order valence-corrected chi connectivity index (χ1v) is 7.09. The summed E-state index contributed by atoms with van der Waals surface area (Å²) in [6, 6.07) is 6.27. The van der Waals surface area contributed by atoms with Gasteiger partial charge in [0, 0.05) is 16.6 Å². The highest BCUT2D eigenvalue weighted by molar-refractivity contribution is 9.11. The fourth-order valence-electron chi connectivity index (χ4n) is 2.04. The smallest absolute Gasteiger partial charge is 0.317 e. The lowest BCUT2D eigenvalue weighted by molar-refractivity contribution is -0.0170. The third kappa shape index (κ3) is 3.80. The Kier molecular flexibility index (Phi) is 5.14. The first-order chi connectivity index (χ1) is 9.58. The Morgan fingerprint density at radius 2 is 2.30 bits per heavy atom. The van der Waals surface area contributed by atoms with Crippen LogP contribution in [0.25, 0.3) is 0 Å². The maximum Gasteiger partial charge on any atom is 0.317 e. The van der Waals surface area contributed by atoms with E-state index in [1.165, 1.54) is 6.07 Å². The summed E-state index contributed by atoms with van der Waals surface area (Å²) in [7, 11) is 0. The summed E-state index contributed by atoms with van der Waals surface area (Å²) < 4.78 is 20.0. The largest absolute Gasteiger partial charge is 0.370 e. The number of hydrogen-bond donors (Lipinski definition) is 1. The van der Waals surface area contributed by atoms with Gasteiger partial charge in [-0.25, -0.2) is 9.18 Å². The molecule has 2 rings (SSSR count). The molecule has 0 aliphatic carbocycles. The molecule has 2 amide bonds. The summed E-state index contributed by atoms with van der Waals surface area (Å²) >= 11 is 3.18. The Hall–Kier alpha value is -1.40. The zero-order chi connectivity index (χ0) is 14.5. The van der Waals surface area contributed by atoms with Crippen molar-refractivity contribution in [1.29, 1.82) is 0 Å². The van der Waals surface area contributed by atoms with E-state index in [4.69, 9.17) is 4.74 Å². The standard InChI is InChI=1S/C14H16BrFN2O2/c1-10(15)8-17-14(19)18-6-7-20-13(9-18)11-4-2-3-5-12(11)16/h2-5,13H,1,6-9H2,(H,17,19)/t13-/m1/s1. The number of urea groups is 1. The molecule has 1 aliphatic heterocycles. The van der Waals surface area contributed by atoms with Crippen molar-refractivity contribution < 1.29 is 13.9 Å². The van der Waals surface area contributed by atoms with Crippen LogP contribution < -0.4 is 5.32 Å². The summed E-state index contributed by atoms with van der Waals surface area (Å²) in [5, 5.41) is 2.73. The van der Waals surface area contributed by atoms with Gasteiger partial charge in [-0.2, -0.15) is 0 Å². The van der Waals surface area contributed by atoms with Gasteiger partial charge in [0.1, 0.15) is 11.9 Å². The lowest BCUT2D eigenvalue weighted by Crippen LogP contribution is -2.47. The van der Waals surface area contributed by atoms with Gasteiger partial charge < -0.3 is 15.0 Å². The number of hydrogen-bond acceptors (Lipinski definition) is 2. The number of carbonyl (C=O) groups is 1. The molecule has 20 heavy (non-hydrogen) atoms. The molecule has 0 saturated carbocycles. The van der Waals surface area contributed by atoms with E-state index < -0.39 is 6.10 Å². The first kappa shape index (κ1) is 15.0. The molecule has 1 aromatic carbocycles. The van der Waals surface area contributed by atoms with Crippen LogP contribution in [0.4, 0.5) is 9.18 Å². The monoisotopic (exact) mass is 342 g/mol. The van der Waals surface area contributed by atoms with E-state index >= 15 is 0 Å². The van der Waals surface area contributed by atoms with E-state index in [1.807, 2.05) is 0 Å². The Labute approximate surface area is 125 Å². The zero-order valence-corrected chi connectivity index (χ0v) is 12.5. The highest BCUT2D eigenvalue weighted by Crippen LogP contribution is 2.24. The molecule has 6 heteroatoms. The van der Waals surface area contributed by atoms with Crippen molar-refractivity contribution in [2.75, 3.05) is 26.2 Å². The minimum Gasteiger partial charge on any atom is -0.370 e. The molecule has 0 radical (unpaired) electrons. The molecule has 1 heterocycles. The van der Waals surface area contributed by atoms with Crippen LogP contribution in [0.5, 0.6) is 0 Å². The Balaban J connectivity index is 2.00. The van der Waals surface area contributed by atoms with Gasteiger partial charge in [-0.05, 0) is 6.07 Å². The maximum atomic E-state index is 13.7. The van der Waals surface area contributed by atoms with Crippen LogP contribution in [0.1, 0.15) is 11.7 Å². The number of benzene rings is 1. The Morgan fingerprint density at radius 1 is 1.55 bits per heavy atom. The molecule has 1 N–H and O–H groups in total. The topological polar surface area (TPSA) is 41.6 Å². The van der Waals surface area contributed by atoms with Gasteiger partial charge in [0.25, 0.3) is 0 Å². The number of nitrogens with zero attached hydrogens (tertiary/aromatic N) is 1. The van der Waals surface area contributed by atoms with Crippen LogP contribution in [0.3, 0.4) is 0 Å². The number of morpholine rings is 1. The minimum absolute atomic E-state index is 0.199. The van der Waals surface area contributed by atoms with E-state index in [2.05, 4.69) is 27.8 Å². The van der Waals surface area contributed by atoms with E-state index in [1.54, 1.807) is 23.1 Å². The summed E-state index contributed by atoms with van der Waals surface area (Å²) in [6.45, 7) is 5.23. The van der Waals surface area contributed by atoms with Gasteiger partial charge in [0.2, 0.25) is 0 Å². The normalized spacial score (nSPS) is 18.7. The number of amides is 2. The van der Waals surface area contributed by atoms with Gasteiger partial charge >= 0.3 is 6.03 Å². The fraction of sp³-hybridized carbons (Fsp3) is 0.357. The molecule has 0 bridgehead atoms. The van der Waals surface area contributed by atoms with E-state index in [0.717, 1.165) is 0 Å². The molecule has 1 saturated heterocycles. The van der Waals surface area contributed by atoms with Crippen molar-refractivity contribution in [3.05, 3.63) is 46.7 Å². The lowest BCUT2D eigenvalue weighted by atomic mass is 10.1. The molecule has 0 spiro atoms. The molecule has 108 valence electrons. The van der Waals surface area contributed by atoms with Gasteiger partial charge in [-0.1, -0.05) is 40.7 Å². The second kappa shape index (κ2) is 6.85. The van der Waals surface area contributed by atoms with Crippen LogP contribution >= 0.6 is 15.9 Å². The zero-order valence-electron chi connectivity index (χ0n) is 10.9. The van der Waals surface area contributed by atoms with Crippen LogP contribution in [-0.4, -0.2) is 37.2 Å². The fourth-order valence-corrected chi connectivity index (χ4v) is 2.18. The second-order valence-electron chi connectivity index (χ2n) is 4.50. The van der Waals surface area contributed by atoms with Crippen molar-refractivity contribution in [2.45, 2.75) is 6.10 Å². The highest BCUT2D eigenvalue weighted by Gasteiger charge is 2.26. The predicted octanol–water partition coefficient (Wildman–Crippen LogP) is 2.82. The van der Waals surface area contributed by atoms with Crippen LogP contribution in [0.2, 0.25) is 0 Å². The molecule has 1 aliphatic rings. The van der Waals surface area contributed by atoms with Crippen molar-refractivity contribution in [1.82, 2.24) is 10.2 Å². The number of halogens is 2. The molecular weight excluding hydrogens is 327 g/mol. The van der Waals surface area contributed by atoms with E-state index in [9.17, 15) is 9.18 Å². The average Bonchev–Trinajstić information content (AvgIpc) is 2.45. The summed E-state index contributed by atoms with van der Waals surface area (Å²) in [5.74, 6) is -0.311. The molecule has 4 nitrogen and oxygen atoms in total. The van der Waals surface area contributed by atoms with Crippen LogP contribution in [0, 0.1) is 5.82 Å². The minimum atomic E-state index is -0.428. The van der Waals surface area contributed by atoms with Crippen LogP contribution in [-0.2, 0) is 4.74 Å². The molecule has 1 atom stereocenters. The van der Waals surface area contributed by atoms with Gasteiger partial charge in [-0.15, -0.1) is 0 Å². The number of carbonyl (C=O) groups excluding carboxylic acids is 1. The van der Waals surface area contributed by atoms with Crippen molar-refractivity contribution in [3.63, 3.8) is 0 Å². The first-order valence-electron chi connectivity index (χ1n) is 6.30. The second-order valence-corrected chi connectivity index (χ2v) is 5.62. The van der Waals surface area contributed by atoms with E-state index in [-0.39, 0.29) is 11.8 Å². The number of rotatable bonds is 3. The Bertz CT molecular complexity index is 510. The SMILES string of the molecule is C=C(Br)CNC(=O)N1CCO[C@@H](c2ccccc2F)C1. The van der Waals surface area contributed by atoms with Crippen LogP contribution in [0.15, 0.2) is 35.3 Å². The number of nitrogens with one attached hydrogen (secondary N) is 1. The number of ether oxygens (including phenoxy) is 1. The quantitative estimate of drug-likeness (QED) is 0.917. The van der Waals surface area contributed by atoms with E-state index in [0.29, 0.717) is 36.3 Å². The summed E-state index contributed by atoms with van der Waals surface area (Å²) in [4.78, 5) is 13.6. The average molecular weight is 343 g/mol. The maximum absolute atomic E-state index is 13.7. The third-order valence-electron chi connectivity index (χ3n) is 3.04. The van der Waals surface area contributed by atoms with Gasteiger partial charge in [-0.3, -0.25) is 0 Å². The molecular formula is C14H16BrFN2O2. The van der Waals surface area contributed by atoms with Crippen molar-refractivity contribution in [2.24, 2.45) is 0 Å². The lowest BCUT2D eigenvalue weighted by Gasteiger charge is -2.33. The third-order valence-corrected chi connectivity index (χ3v) is 3.32. The molecule has 0 aromatic heterocycles. The Morgan fingerprint density at radius 3 is 3.00 bits per heavy atom. The van der Waals surface area contributed by atoms with Gasteiger partial charge in [0.05, 0.1) is 19.7 Å². The summed E-state index contributed by atoms with van der Waals surface area (Å²) in [5.41, 5.74) is 0.481. The molecule has 1 aromatic rings.